The zero-order chi connectivity index (χ0) is 22.4. The van der Waals surface area contributed by atoms with Crippen molar-refractivity contribution in [2.24, 2.45) is 0 Å². The van der Waals surface area contributed by atoms with E-state index in [1.165, 1.54) is 21.3 Å². The van der Waals surface area contributed by atoms with E-state index in [0.29, 0.717) is 23.7 Å². The van der Waals surface area contributed by atoms with Crippen LogP contribution in [0.2, 0.25) is 0 Å². The number of benzene rings is 2. The molecule has 1 heterocycles. The van der Waals surface area contributed by atoms with Gasteiger partial charge in [-0.25, -0.2) is 4.79 Å². The molecule has 0 saturated carbocycles. The Hall–Kier alpha value is -3.68. The van der Waals surface area contributed by atoms with Crippen molar-refractivity contribution in [3.05, 3.63) is 53.7 Å². The van der Waals surface area contributed by atoms with Gasteiger partial charge in [-0.1, -0.05) is 24.3 Å². The van der Waals surface area contributed by atoms with Crippen molar-refractivity contribution in [2.75, 3.05) is 21.3 Å². The van der Waals surface area contributed by atoms with E-state index in [1.54, 1.807) is 18.3 Å². The van der Waals surface area contributed by atoms with Crippen molar-refractivity contribution >= 4 is 22.8 Å². The lowest BCUT2D eigenvalue weighted by molar-refractivity contribution is -0.141. The number of aromatic amines is 1. The van der Waals surface area contributed by atoms with Crippen LogP contribution < -0.4 is 19.5 Å². The number of aliphatic carboxylic acids is 1. The Kier molecular flexibility index (Phi) is 7.02. The summed E-state index contributed by atoms with van der Waals surface area (Å²) in [7, 11) is 4.56. The Labute approximate surface area is 180 Å². The van der Waals surface area contributed by atoms with Gasteiger partial charge in [0.25, 0.3) is 0 Å². The molecular weight excluding hydrogens is 400 g/mol. The van der Waals surface area contributed by atoms with Crippen molar-refractivity contribution in [3.8, 4) is 17.2 Å². The maximum absolute atomic E-state index is 12.5. The highest BCUT2D eigenvalue weighted by Crippen LogP contribution is 2.40. The van der Waals surface area contributed by atoms with E-state index >= 15 is 0 Å². The number of carboxylic acid groups (broad SMARTS) is 1. The molecule has 3 N–H and O–H groups in total. The number of fused-ring (bicyclic) bond motifs is 1. The van der Waals surface area contributed by atoms with Crippen LogP contribution in [-0.2, 0) is 22.4 Å². The van der Waals surface area contributed by atoms with Crippen LogP contribution in [0.15, 0.2) is 42.6 Å². The molecule has 0 saturated heterocycles. The van der Waals surface area contributed by atoms with Crippen LogP contribution in [0.4, 0.5) is 0 Å². The van der Waals surface area contributed by atoms with Gasteiger partial charge in [0.15, 0.2) is 11.5 Å². The van der Waals surface area contributed by atoms with Gasteiger partial charge in [-0.2, -0.15) is 0 Å². The Morgan fingerprint density at radius 2 is 1.74 bits per heavy atom. The number of rotatable bonds is 10. The minimum Gasteiger partial charge on any atom is -0.493 e. The van der Waals surface area contributed by atoms with Gasteiger partial charge in [0.2, 0.25) is 11.7 Å². The Balaban J connectivity index is 1.68. The minimum absolute atomic E-state index is 0.101. The standard InChI is InChI=1S/C23H26N2O6/c1-29-19-10-8-14(21(30-2)22(19)31-3)9-11-20(26)25-18(23(27)28)12-15-13-24-17-7-5-4-6-16(15)17/h4-8,10,13,18,24H,9,11-12H2,1-3H3,(H,25,26)(H,27,28). The highest BCUT2D eigenvalue weighted by atomic mass is 16.5. The SMILES string of the molecule is COc1ccc(CCC(=O)NC(Cc2c[nH]c3ccccc23)C(=O)O)c(OC)c1OC. The number of aryl methyl sites for hydroxylation is 1. The van der Waals surface area contributed by atoms with Crippen LogP contribution in [0.3, 0.4) is 0 Å². The molecule has 1 atom stereocenters. The topological polar surface area (TPSA) is 110 Å². The summed E-state index contributed by atoms with van der Waals surface area (Å²) in [5.41, 5.74) is 2.53. The normalized spacial score (nSPS) is 11.7. The van der Waals surface area contributed by atoms with Gasteiger partial charge in [-0.05, 0) is 29.7 Å². The van der Waals surface area contributed by atoms with Crippen LogP contribution >= 0.6 is 0 Å². The first-order valence-corrected chi connectivity index (χ1v) is 9.83. The van der Waals surface area contributed by atoms with Crippen molar-refractivity contribution < 1.29 is 28.9 Å². The number of para-hydroxylation sites is 1. The van der Waals surface area contributed by atoms with E-state index in [4.69, 9.17) is 14.2 Å². The third-order valence-corrected chi connectivity index (χ3v) is 5.14. The first-order valence-electron chi connectivity index (χ1n) is 9.83. The van der Waals surface area contributed by atoms with Crippen molar-refractivity contribution in [1.82, 2.24) is 10.3 Å². The van der Waals surface area contributed by atoms with E-state index in [0.717, 1.165) is 22.0 Å². The molecule has 0 fully saturated rings. The zero-order valence-corrected chi connectivity index (χ0v) is 17.7. The quantitative estimate of drug-likeness (QED) is 0.460. The maximum atomic E-state index is 12.5. The first kappa shape index (κ1) is 22.0. The Morgan fingerprint density at radius 1 is 1.00 bits per heavy atom. The number of aromatic nitrogens is 1. The smallest absolute Gasteiger partial charge is 0.326 e. The molecule has 8 nitrogen and oxygen atoms in total. The number of amides is 1. The van der Waals surface area contributed by atoms with Crippen LogP contribution in [0.1, 0.15) is 17.5 Å². The van der Waals surface area contributed by atoms with Crippen molar-refractivity contribution in [2.45, 2.75) is 25.3 Å². The van der Waals surface area contributed by atoms with Gasteiger partial charge < -0.3 is 29.6 Å². The average Bonchev–Trinajstić information content (AvgIpc) is 3.19. The number of methoxy groups -OCH3 is 3. The summed E-state index contributed by atoms with van der Waals surface area (Å²) in [6, 6.07) is 10.2. The predicted molar refractivity (Wildman–Crippen MR) is 116 cm³/mol. The average molecular weight is 426 g/mol. The summed E-state index contributed by atoms with van der Waals surface area (Å²) >= 11 is 0. The van der Waals surface area contributed by atoms with Crippen molar-refractivity contribution in [3.63, 3.8) is 0 Å². The van der Waals surface area contributed by atoms with Crippen LogP contribution in [0.25, 0.3) is 10.9 Å². The monoisotopic (exact) mass is 426 g/mol. The van der Waals surface area contributed by atoms with Gasteiger partial charge in [-0.15, -0.1) is 0 Å². The molecule has 0 spiro atoms. The fraction of sp³-hybridized carbons (Fsp3) is 0.304. The molecule has 0 aliphatic heterocycles. The van der Waals surface area contributed by atoms with Crippen LogP contribution in [-0.4, -0.2) is 49.3 Å². The molecule has 1 amide bonds. The summed E-state index contributed by atoms with van der Waals surface area (Å²) < 4.78 is 16.1. The zero-order valence-electron chi connectivity index (χ0n) is 17.7. The fourth-order valence-electron chi connectivity index (χ4n) is 3.60. The second-order valence-electron chi connectivity index (χ2n) is 7.02. The molecule has 0 bridgehead atoms. The number of carbonyl (C=O) groups is 2. The highest BCUT2D eigenvalue weighted by Gasteiger charge is 2.22. The number of nitrogens with one attached hydrogen (secondary N) is 2. The number of carbonyl (C=O) groups excluding carboxylic acids is 1. The second kappa shape index (κ2) is 9.88. The second-order valence-corrected chi connectivity index (χ2v) is 7.02. The molecule has 8 heteroatoms. The fourth-order valence-corrected chi connectivity index (χ4v) is 3.60. The van der Waals surface area contributed by atoms with Crippen LogP contribution in [0.5, 0.6) is 17.2 Å². The Bertz CT molecular complexity index is 1080. The molecule has 0 aliphatic carbocycles. The molecule has 2 aromatic carbocycles. The van der Waals surface area contributed by atoms with Gasteiger partial charge >= 0.3 is 5.97 Å². The van der Waals surface area contributed by atoms with Gasteiger partial charge in [0.05, 0.1) is 21.3 Å². The molecule has 31 heavy (non-hydrogen) atoms. The summed E-state index contributed by atoms with van der Waals surface area (Å²) in [6.45, 7) is 0. The first-order chi connectivity index (χ1) is 15.0. The highest BCUT2D eigenvalue weighted by molar-refractivity contribution is 5.86. The van der Waals surface area contributed by atoms with Gasteiger partial charge in [0.1, 0.15) is 6.04 Å². The molecule has 3 rings (SSSR count). The van der Waals surface area contributed by atoms with E-state index in [2.05, 4.69) is 10.3 Å². The Morgan fingerprint density at radius 3 is 2.42 bits per heavy atom. The number of hydrogen-bond donors (Lipinski definition) is 3. The van der Waals surface area contributed by atoms with E-state index in [-0.39, 0.29) is 18.7 Å². The molecular formula is C23H26N2O6. The molecule has 0 radical (unpaired) electrons. The molecule has 164 valence electrons. The summed E-state index contributed by atoms with van der Waals surface area (Å²) in [4.78, 5) is 27.4. The lowest BCUT2D eigenvalue weighted by Gasteiger charge is -2.17. The van der Waals surface area contributed by atoms with Crippen LogP contribution in [0, 0.1) is 0 Å². The number of H-pyrrole nitrogens is 1. The molecule has 1 unspecified atom stereocenters. The summed E-state index contributed by atoms with van der Waals surface area (Å²) in [5.74, 6) is 0.0255. The summed E-state index contributed by atoms with van der Waals surface area (Å²) in [6.07, 6.45) is 2.42. The van der Waals surface area contributed by atoms with E-state index in [1.807, 2.05) is 24.3 Å². The third-order valence-electron chi connectivity index (χ3n) is 5.14. The predicted octanol–water partition coefficient (Wildman–Crippen LogP) is 2.94. The molecule has 3 aromatic rings. The maximum Gasteiger partial charge on any atom is 0.326 e. The van der Waals surface area contributed by atoms with Gasteiger partial charge in [0, 0.05) is 29.9 Å². The molecule has 0 aliphatic rings. The molecule has 1 aromatic heterocycles. The minimum atomic E-state index is -1.08. The third kappa shape index (κ3) is 4.91. The largest absolute Gasteiger partial charge is 0.493 e. The number of hydrogen-bond acceptors (Lipinski definition) is 5. The number of ether oxygens (including phenoxy) is 3. The van der Waals surface area contributed by atoms with Crippen molar-refractivity contribution in [1.29, 1.82) is 0 Å². The lowest BCUT2D eigenvalue weighted by atomic mass is 10.0. The lowest BCUT2D eigenvalue weighted by Crippen LogP contribution is -2.42. The van der Waals surface area contributed by atoms with E-state index < -0.39 is 12.0 Å². The number of carboxylic acids is 1. The van der Waals surface area contributed by atoms with Gasteiger partial charge in [-0.3, -0.25) is 4.79 Å². The summed E-state index contributed by atoms with van der Waals surface area (Å²) in [5, 5.41) is 13.2. The van der Waals surface area contributed by atoms with E-state index in [9.17, 15) is 14.7 Å².